The maximum Gasteiger partial charge on any atom is 0.124 e. The zero-order valence-corrected chi connectivity index (χ0v) is 19.9. The minimum absolute atomic E-state index is 0.736. The molecule has 0 amide bonds. The Hall–Kier alpha value is -3.72. The Morgan fingerprint density at radius 2 is 1.00 bits per heavy atom. The number of nitrogens with zero attached hydrogens (tertiary/aromatic N) is 1. The van der Waals surface area contributed by atoms with Gasteiger partial charge in [0.2, 0.25) is 0 Å². The van der Waals surface area contributed by atoms with E-state index in [1.54, 1.807) is 11.3 Å². The lowest BCUT2D eigenvalue weighted by Crippen LogP contribution is -1.85. The number of thiazole rings is 1. The van der Waals surface area contributed by atoms with Gasteiger partial charge in [0.25, 0.3) is 0 Å². The van der Waals surface area contributed by atoms with Gasteiger partial charge in [0.05, 0.1) is 10.2 Å². The quantitative estimate of drug-likeness (QED) is 0.248. The molecular weight excluding hydrogens is 454 g/mol. The van der Waals surface area contributed by atoms with Crippen LogP contribution in [0.15, 0.2) is 121 Å². The summed E-state index contributed by atoms with van der Waals surface area (Å²) in [5.41, 5.74) is 9.05. The molecule has 0 spiro atoms. The number of rotatable bonds is 4. The molecule has 0 atom stereocenters. The van der Waals surface area contributed by atoms with Crippen molar-refractivity contribution in [1.29, 1.82) is 0 Å². The molecule has 0 aliphatic rings. The van der Waals surface area contributed by atoms with Crippen LogP contribution in [0.1, 0.15) is 0 Å². The van der Waals surface area contributed by atoms with E-state index in [1.165, 1.54) is 15.8 Å². The van der Waals surface area contributed by atoms with Crippen LogP contribution in [0.25, 0.3) is 54.2 Å². The Morgan fingerprint density at radius 3 is 1.74 bits per heavy atom. The summed E-state index contributed by atoms with van der Waals surface area (Å²) in [6.45, 7) is 0. The highest BCUT2D eigenvalue weighted by Gasteiger charge is 2.09. The van der Waals surface area contributed by atoms with Crippen molar-refractivity contribution in [3.05, 3.63) is 126 Å². The van der Waals surface area contributed by atoms with Crippen molar-refractivity contribution in [3.63, 3.8) is 0 Å². The van der Waals surface area contributed by atoms with Crippen LogP contribution >= 0.6 is 22.9 Å². The van der Waals surface area contributed by atoms with Crippen LogP contribution < -0.4 is 0 Å². The molecule has 0 aliphatic carbocycles. The summed E-state index contributed by atoms with van der Waals surface area (Å²) in [5.74, 6) is 0. The van der Waals surface area contributed by atoms with E-state index >= 15 is 0 Å². The van der Waals surface area contributed by atoms with E-state index in [1.807, 2.05) is 24.3 Å². The van der Waals surface area contributed by atoms with Gasteiger partial charge in [-0.2, -0.15) is 0 Å². The Morgan fingerprint density at radius 1 is 0.471 bits per heavy atom. The second-order valence-corrected chi connectivity index (χ2v) is 9.71. The van der Waals surface area contributed by atoms with Crippen LogP contribution in [0, 0.1) is 0 Å². The summed E-state index contributed by atoms with van der Waals surface area (Å²) in [7, 11) is 0. The topological polar surface area (TPSA) is 12.9 Å². The second kappa shape index (κ2) is 8.90. The molecule has 0 N–H and O–H groups in total. The van der Waals surface area contributed by atoms with Crippen molar-refractivity contribution in [2.45, 2.75) is 0 Å². The number of hydrogen-bond acceptors (Lipinski definition) is 2. The van der Waals surface area contributed by atoms with E-state index < -0.39 is 0 Å². The molecule has 1 heterocycles. The SMILES string of the molecule is Clc1cc(-c2ccccc2)cc(-c2cccc(-c3cccc(-c4nc5ccccc5s4)c3)c2)c1. The van der Waals surface area contributed by atoms with E-state index in [9.17, 15) is 0 Å². The van der Waals surface area contributed by atoms with Gasteiger partial charge in [0, 0.05) is 10.6 Å². The first-order valence-corrected chi connectivity index (χ1v) is 12.4. The van der Waals surface area contributed by atoms with Gasteiger partial charge < -0.3 is 0 Å². The van der Waals surface area contributed by atoms with Crippen molar-refractivity contribution in [1.82, 2.24) is 4.98 Å². The van der Waals surface area contributed by atoms with Crippen LogP contribution in [-0.2, 0) is 0 Å². The fourth-order valence-corrected chi connectivity index (χ4v) is 5.46. The van der Waals surface area contributed by atoms with Crippen molar-refractivity contribution < 1.29 is 0 Å². The normalized spacial score (nSPS) is 11.1. The first-order chi connectivity index (χ1) is 16.7. The third kappa shape index (κ3) is 4.14. The monoisotopic (exact) mass is 473 g/mol. The van der Waals surface area contributed by atoms with E-state index in [-0.39, 0.29) is 0 Å². The van der Waals surface area contributed by atoms with Crippen LogP contribution in [0.3, 0.4) is 0 Å². The molecule has 0 saturated carbocycles. The third-order valence-electron chi connectivity index (χ3n) is 5.94. The summed E-state index contributed by atoms with van der Waals surface area (Å²) in [6.07, 6.45) is 0. The number of fused-ring (bicyclic) bond motifs is 1. The van der Waals surface area contributed by atoms with E-state index in [0.29, 0.717) is 0 Å². The first-order valence-electron chi connectivity index (χ1n) is 11.2. The largest absolute Gasteiger partial charge is 0.236 e. The first kappa shape index (κ1) is 20.9. The molecule has 0 unspecified atom stereocenters. The summed E-state index contributed by atoms with van der Waals surface area (Å²) in [5, 5.41) is 1.78. The zero-order valence-electron chi connectivity index (χ0n) is 18.3. The van der Waals surface area contributed by atoms with Gasteiger partial charge in [-0.3, -0.25) is 0 Å². The number of hydrogen-bond donors (Lipinski definition) is 0. The highest BCUT2D eigenvalue weighted by atomic mass is 35.5. The minimum Gasteiger partial charge on any atom is -0.236 e. The van der Waals surface area contributed by atoms with Crippen LogP contribution in [0.2, 0.25) is 5.02 Å². The molecule has 1 aromatic heterocycles. The van der Waals surface area contributed by atoms with Gasteiger partial charge in [0.1, 0.15) is 5.01 Å². The number of halogens is 1. The molecule has 0 radical (unpaired) electrons. The van der Waals surface area contributed by atoms with E-state index in [0.717, 1.165) is 43.4 Å². The van der Waals surface area contributed by atoms with Crippen molar-refractivity contribution in [2.24, 2.45) is 0 Å². The van der Waals surface area contributed by atoms with Gasteiger partial charge in [-0.1, -0.05) is 90.5 Å². The fraction of sp³-hybridized carbons (Fsp3) is 0. The van der Waals surface area contributed by atoms with E-state index in [4.69, 9.17) is 16.6 Å². The average Bonchev–Trinajstić information content (AvgIpc) is 3.34. The molecule has 0 saturated heterocycles. The van der Waals surface area contributed by atoms with Crippen LogP contribution in [0.4, 0.5) is 0 Å². The third-order valence-corrected chi connectivity index (χ3v) is 7.24. The molecule has 0 aliphatic heterocycles. The van der Waals surface area contributed by atoms with Crippen molar-refractivity contribution in [2.75, 3.05) is 0 Å². The predicted molar refractivity (Wildman–Crippen MR) is 146 cm³/mol. The molecule has 0 fully saturated rings. The molecule has 0 bridgehead atoms. The molecule has 1 nitrogen and oxygen atoms in total. The Bertz CT molecular complexity index is 1580. The van der Waals surface area contributed by atoms with Crippen molar-refractivity contribution >= 4 is 33.2 Å². The second-order valence-electron chi connectivity index (χ2n) is 8.24. The molecule has 6 rings (SSSR count). The van der Waals surface area contributed by atoms with Gasteiger partial charge in [-0.25, -0.2) is 4.98 Å². The average molecular weight is 474 g/mol. The lowest BCUT2D eigenvalue weighted by Gasteiger charge is -2.10. The summed E-state index contributed by atoms with van der Waals surface area (Å²) in [6, 6.07) is 42.2. The maximum atomic E-state index is 6.52. The molecule has 3 heteroatoms. The van der Waals surface area contributed by atoms with Crippen LogP contribution in [-0.4, -0.2) is 4.98 Å². The Balaban J connectivity index is 1.38. The lowest BCUT2D eigenvalue weighted by atomic mass is 9.96. The highest BCUT2D eigenvalue weighted by molar-refractivity contribution is 7.21. The van der Waals surface area contributed by atoms with Gasteiger partial charge in [-0.05, 0) is 75.8 Å². The number of para-hydroxylation sites is 1. The number of aromatic nitrogens is 1. The van der Waals surface area contributed by atoms with Gasteiger partial charge >= 0.3 is 0 Å². The van der Waals surface area contributed by atoms with Gasteiger partial charge in [-0.15, -0.1) is 11.3 Å². The summed E-state index contributed by atoms with van der Waals surface area (Å²) >= 11 is 8.25. The molecular formula is C31H20ClNS. The standard InChI is InChI=1S/C31H20ClNS/c32-28-19-26(21-8-2-1-3-9-21)18-27(20-28)24-12-6-10-22(16-24)23-11-7-13-25(17-23)31-33-29-14-4-5-15-30(29)34-31/h1-20H. The minimum atomic E-state index is 0.736. The number of benzene rings is 5. The van der Waals surface area contributed by atoms with Crippen LogP contribution in [0.5, 0.6) is 0 Å². The molecule has 6 aromatic rings. The molecule has 5 aromatic carbocycles. The maximum absolute atomic E-state index is 6.52. The lowest BCUT2D eigenvalue weighted by molar-refractivity contribution is 1.47. The van der Waals surface area contributed by atoms with Gasteiger partial charge in [0.15, 0.2) is 0 Å². The Kier molecular flexibility index (Phi) is 5.46. The molecule has 34 heavy (non-hydrogen) atoms. The smallest absolute Gasteiger partial charge is 0.124 e. The summed E-state index contributed by atoms with van der Waals surface area (Å²) in [4.78, 5) is 4.83. The van der Waals surface area contributed by atoms with Crippen molar-refractivity contribution in [3.8, 4) is 44.0 Å². The fourth-order valence-electron chi connectivity index (χ4n) is 4.26. The summed E-state index contributed by atoms with van der Waals surface area (Å²) < 4.78 is 1.21. The zero-order chi connectivity index (χ0) is 22.9. The van der Waals surface area contributed by atoms with E-state index in [2.05, 4.69) is 97.1 Å². The highest BCUT2D eigenvalue weighted by Crippen LogP contribution is 2.35. The predicted octanol–water partition coefficient (Wildman–Crippen LogP) is 9.62. The Labute approximate surface area is 208 Å². The molecule has 162 valence electrons.